The van der Waals surface area contributed by atoms with Crippen LogP contribution in [0.2, 0.25) is 0 Å². The van der Waals surface area contributed by atoms with Crippen LogP contribution < -0.4 is 20.4 Å². The molecule has 5 heterocycles. The summed E-state index contributed by atoms with van der Waals surface area (Å²) in [5.74, 6) is -3.88. The van der Waals surface area contributed by atoms with E-state index in [0.29, 0.717) is 87.4 Å². The maximum absolute atomic E-state index is 12.3. The van der Waals surface area contributed by atoms with Crippen molar-refractivity contribution in [1.29, 1.82) is 0 Å². The Morgan fingerprint density at radius 2 is 0.748 bits per heavy atom. The van der Waals surface area contributed by atoms with Crippen molar-refractivity contribution >= 4 is 140 Å². The van der Waals surface area contributed by atoms with Gasteiger partial charge in [0.25, 0.3) is 52.3 Å². The van der Waals surface area contributed by atoms with Gasteiger partial charge in [0.1, 0.15) is 13.1 Å². The standard InChI is InChI=1S/C53H72N4O13S3.C49H69N3O11S3.2O3S/c1-52(2)42-22-12-13-23-44(42)55(34-15-17-36-71(61,62)63)46(52)29-25-39-20-19-21-40(51(39)54-33-14-10-8-6-5-7-9-11-24-50(60)70-57-48(58)31-32-49(57)59)26-30-47-53(3,4)43-38-41(73(67,68)69)27-28-45(43)56(47)35-16-18-37-72(64,65)66;1-48(2)40-22-12-13-23-42(40)51(32-15-17-34-64(55,56)57)44(48)29-25-37-20-19-21-38(47(37)50-31-14-10-8-6-5-7-9-11-24-46(53)54)26-30-45-49(3,4)41-36-39(66(61,62)63)27-28-43(41)52(45)33-16-18-35-65(58,59)60;2*1-4(2)3/h12-13,22-23,25-30,38H,5-11,14-21,24,31-37H2,1-4H3,(H3,61,62,63,64,65,66,67,68,69);12-13,22-23,25-30,36H,5-11,14-21,24,31-35H2,1-4H3,(H4,53,54,55,56,57,58,59,60,61,62,63);;/b40-26+,47-30+;38-26+,45-30+;;. The number of amides is 2. The molecule has 7 N–H and O–H groups in total. The number of para-hydroxylation sites is 2. The van der Waals surface area contributed by atoms with Crippen LogP contribution in [0.5, 0.6) is 0 Å². The first-order chi connectivity index (χ1) is 68.8. The van der Waals surface area contributed by atoms with Crippen LogP contribution in [-0.4, -0.2) is 220 Å². The van der Waals surface area contributed by atoms with Gasteiger partial charge >= 0.3 is 33.2 Å². The van der Waals surface area contributed by atoms with Crippen molar-refractivity contribution in [2.24, 2.45) is 0 Å². The first-order valence-corrected chi connectivity index (χ1v) is 61.1. The van der Waals surface area contributed by atoms with Gasteiger partial charge in [-0.1, -0.05) is 165 Å². The van der Waals surface area contributed by atoms with Crippen LogP contribution in [0.15, 0.2) is 188 Å². The van der Waals surface area contributed by atoms with Gasteiger partial charge in [-0.05, 0) is 212 Å². The Kier molecular flexibility index (Phi) is 46.0. The molecule has 0 saturated carbocycles. The summed E-state index contributed by atoms with van der Waals surface area (Å²) >= 11 is 0. The number of rotatable bonds is 53. The molecule has 5 aliphatic heterocycles. The van der Waals surface area contributed by atoms with E-state index >= 15 is 0 Å². The lowest BCUT2D eigenvalue weighted by molar-refractivity contribution is -0.438. The third-order valence-electron chi connectivity index (χ3n) is 27.3. The number of carbonyl (C=O) groups is 4. The number of fused-ring (bicyclic) bond motifs is 4. The van der Waals surface area contributed by atoms with Gasteiger partial charge in [0.15, 0.2) is 11.4 Å². The Labute approximate surface area is 868 Å². The van der Waals surface area contributed by atoms with Crippen molar-refractivity contribution < 1.29 is 141 Å². The van der Waals surface area contributed by atoms with Gasteiger partial charge in [0, 0.05) is 157 Å². The van der Waals surface area contributed by atoms with Gasteiger partial charge in [-0.15, -0.1) is 30.3 Å². The molecule has 7 aliphatic rings. The molecule has 37 nitrogen and oxygen atoms in total. The van der Waals surface area contributed by atoms with Crippen LogP contribution in [0.4, 0.5) is 22.7 Å². The number of carboxylic acid groups (broad SMARTS) is 1. The molecule has 0 spiro atoms. The maximum atomic E-state index is 12.3. The van der Waals surface area contributed by atoms with Crippen molar-refractivity contribution in [3.05, 3.63) is 201 Å². The van der Waals surface area contributed by atoms with Gasteiger partial charge < -0.3 is 39.5 Å². The number of hydroxylamine groups is 2. The first kappa shape index (κ1) is 122. The summed E-state index contributed by atoms with van der Waals surface area (Å²) in [4.78, 5) is 55.1. The topological polar surface area (TPSA) is 572 Å². The molecule has 0 unspecified atom stereocenters. The second-order valence-electron chi connectivity index (χ2n) is 39.7. The lowest BCUT2D eigenvalue weighted by Crippen LogP contribution is -2.31. The number of hydrogen-bond donors (Lipinski definition) is 7. The number of aliphatic carboxylic acids is 1. The Morgan fingerprint density at radius 1 is 0.408 bits per heavy atom. The molecular weight excluding hydrogens is 2060 g/mol. The fraction of sp³-hybridized carbons (Fsp3) is 0.549. The molecule has 0 radical (unpaired) electrons. The maximum Gasteiger partial charge on any atom is 0.425 e. The van der Waals surface area contributed by atoms with E-state index in [2.05, 4.69) is 124 Å². The minimum Gasteiger partial charge on any atom is -0.748 e. The highest BCUT2D eigenvalue weighted by Crippen LogP contribution is 2.52. The third kappa shape index (κ3) is 37.6. The van der Waals surface area contributed by atoms with E-state index < -0.39 is 128 Å². The second-order valence-corrected chi connectivity index (χ2v) is 49.5. The second kappa shape index (κ2) is 55.2. The number of unbranched alkanes of at least 4 members (excludes halogenated alkanes) is 18. The minimum absolute atomic E-state index is 0.0616. The highest BCUT2D eigenvalue weighted by atomic mass is 32.2. The van der Waals surface area contributed by atoms with E-state index in [9.17, 15) is 97.0 Å². The number of carboxylic acids is 1. The molecule has 0 bridgehead atoms. The summed E-state index contributed by atoms with van der Waals surface area (Å²) < 4.78 is 258. The van der Waals surface area contributed by atoms with Gasteiger partial charge in [-0.2, -0.15) is 42.8 Å². The number of hydrogen-bond acceptors (Lipinski definition) is 29. The number of carbonyl (C=O) groups excluding carboxylic acids is 3. The van der Waals surface area contributed by atoms with Gasteiger partial charge in [0.2, 0.25) is 11.4 Å². The number of anilines is 2. The molecule has 2 aliphatic carbocycles. The zero-order valence-corrected chi connectivity index (χ0v) is 91.3. The summed E-state index contributed by atoms with van der Waals surface area (Å²) in [7, 11) is -32.2. The molecular formula is C102H141N7O30S8. The largest absolute Gasteiger partial charge is 0.748 e. The average Bonchev–Trinajstić information content (AvgIpc) is 1.58. The Bertz CT molecular complexity index is 6700. The van der Waals surface area contributed by atoms with Crippen LogP contribution in [0.1, 0.15) is 296 Å². The zero-order chi connectivity index (χ0) is 109. The lowest BCUT2D eigenvalue weighted by atomic mass is 9.81. The predicted octanol–water partition coefficient (Wildman–Crippen LogP) is 15.7. The normalized spacial score (nSPS) is 18.1. The molecule has 147 heavy (non-hydrogen) atoms. The Morgan fingerprint density at radius 3 is 1.10 bits per heavy atom. The fourth-order valence-corrected chi connectivity index (χ4v) is 23.2. The molecule has 4 aromatic carbocycles. The van der Waals surface area contributed by atoms with Gasteiger partial charge in [-0.25, -0.2) is 21.6 Å². The van der Waals surface area contributed by atoms with Crippen molar-refractivity contribution in [2.45, 2.75) is 305 Å². The Balaban J connectivity index is 0.000000335. The van der Waals surface area contributed by atoms with E-state index in [1.54, 1.807) is 12.1 Å². The van der Waals surface area contributed by atoms with Crippen molar-refractivity contribution in [3.63, 3.8) is 0 Å². The van der Waals surface area contributed by atoms with E-state index in [1.807, 2.05) is 58.0 Å². The van der Waals surface area contributed by atoms with Crippen LogP contribution in [0.3, 0.4) is 0 Å². The highest BCUT2D eigenvalue weighted by Gasteiger charge is 2.48. The van der Waals surface area contributed by atoms with Crippen molar-refractivity contribution in [3.8, 4) is 0 Å². The van der Waals surface area contributed by atoms with E-state index in [-0.39, 0.29) is 83.5 Å². The molecule has 2 amide bonds. The molecule has 1 saturated heterocycles. The predicted molar refractivity (Wildman–Crippen MR) is 556 cm³/mol. The monoisotopic (exact) mass is 2200 g/mol. The summed E-state index contributed by atoms with van der Waals surface area (Å²) in [6.07, 6.45) is 40.6. The highest BCUT2D eigenvalue weighted by molar-refractivity contribution is 7.87. The molecule has 45 heteroatoms. The van der Waals surface area contributed by atoms with Crippen molar-refractivity contribution in [1.82, 2.24) is 15.7 Å². The summed E-state index contributed by atoms with van der Waals surface area (Å²) in [5.41, 5.74) is 15.4. The molecule has 0 aromatic heterocycles. The molecule has 812 valence electrons. The average molecular weight is 2200 g/mol. The first-order valence-electron chi connectivity index (χ1n) is 49.9. The molecule has 4 aromatic rings. The number of allylic oxidation sites excluding steroid dienone is 14. The molecule has 1 fully saturated rings. The number of nitrogens with zero attached hydrogens (tertiary/aromatic N) is 5. The van der Waals surface area contributed by atoms with Crippen LogP contribution in [0.25, 0.3) is 0 Å². The van der Waals surface area contributed by atoms with E-state index in [0.717, 1.165) is 225 Å². The van der Waals surface area contributed by atoms with E-state index in [1.165, 1.54) is 24.3 Å². The SMILES string of the molecule is CC1(C)C(/C=C/C2=C(NCCCCCCCCCCC(=O)O)C(=C/C=C3/N(CCCCS(=O)(=O)O)c4ccc(S(=O)(=O)O)cc4C3(C)C)/CCC2)=[N+](CCCCS(=O)(=O)[O-])c2ccccc21.CC1(C)C(/C=C/C2=C(NCCCCCCCCCCC(=O)ON3C(=O)CCC3=O)C(=C/C=C3/N(CCCCS(=O)(=O)O)c4ccc(S(=O)(=O)O)cc4C3(C)C)/CCC2)=[N+](CCCCS(=O)(=O)[O-])c2ccccc21.O=S(=O)=O.O=S(=O)=O. The van der Waals surface area contributed by atoms with Crippen molar-refractivity contribution in [2.75, 3.05) is 72.1 Å². The number of benzene rings is 4. The van der Waals surface area contributed by atoms with Gasteiger partial charge in [-0.3, -0.25) is 32.6 Å². The van der Waals surface area contributed by atoms with Crippen LogP contribution in [0, 0.1) is 0 Å². The number of nitrogens with one attached hydrogen (secondary N) is 2. The fourth-order valence-electron chi connectivity index (χ4n) is 19.9. The van der Waals surface area contributed by atoms with E-state index in [4.69, 9.17) is 35.2 Å². The minimum atomic E-state index is -4.50. The molecule has 0 atom stereocenters. The lowest BCUT2D eigenvalue weighted by Gasteiger charge is -2.28. The van der Waals surface area contributed by atoms with Crippen LogP contribution in [-0.2, 0) is 128 Å². The summed E-state index contributed by atoms with van der Waals surface area (Å²) in [5, 5.41) is 17.1. The molecule has 11 rings (SSSR count). The third-order valence-corrected chi connectivity index (χ3v) is 32.2. The zero-order valence-electron chi connectivity index (χ0n) is 84.8. The summed E-state index contributed by atoms with van der Waals surface area (Å²) in [6.45, 7) is 20.0. The smallest absolute Gasteiger partial charge is 0.425 e. The van der Waals surface area contributed by atoms with Crippen LogP contribution >= 0.6 is 0 Å². The number of imide groups is 1. The quantitative estimate of drug-likeness (QED) is 0.00934. The summed E-state index contributed by atoms with van der Waals surface area (Å²) in [6, 6.07) is 25.4. The van der Waals surface area contributed by atoms with Gasteiger partial charge in [0.05, 0.1) is 52.4 Å². The Hall–Kier alpha value is -9.88.